The summed E-state index contributed by atoms with van der Waals surface area (Å²) in [7, 11) is -3.55. The molecule has 42 heavy (non-hydrogen) atoms. The summed E-state index contributed by atoms with van der Waals surface area (Å²) in [6.07, 6.45) is 8.27. The molecule has 3 heterocycles. The van der Waals surface area contributed by atoms with E-state index in [2.05, 4.69) is 12.2 Å². The molecule has 1 amide bonds. The van der Waals surface area contributed by atoms with Gasteiger partial charge in [0, 0.05) is 51.6 Å². The molecule has 1 aromatic rings. The summed E-state index contributed by atoms with van der Waals surface area (Å²) in [6, 6.07) is 6.93. The Morgan fingerprint density at radius 3 is 2.48 bits per heavy atom. The molecule has 2 fully saturated rings. The van der Waals surface area contributed by atoms with Gasteiger partial charge in [0.1, 0.15) is 12.2 Å². The number of carbonyl (C=O) groups is 2. The third-order valence-corrected chi connectivity index (χ3v) is 10.4. The Labute approximate surface area is 251 Å². The molecule has 0 unspecified atom stereocenters. The fraction of sp³-hybridized carbons (Fsp3) is 0.625. The van der Waals surface area contributed by atoms with E-state index in [0.29, 0.717) is 32.6 Å². The average Bonchev–Trinajstić information content (AvgIpc) is 3.53. The van der Waals surface area contributed by atoms with E-state index in [0.717, 1.165) is 49.9 Å². The van der Waals surface area contributed by atoms with Crippen LogP contribution in [0.3, 0.4) is 0 Å². The van der Waals surface area contributed by atoms with Gasteiger partial charge < -0.3 is 19.7 Å². The van der Waals surface area contributed by atoms with Crippen molar-refractivity contribution >= 4 is 28.2 Å². The summed E-state index contributed by atoms with van der Waals surface area (Å²) in [6.45, 7) is 11.9. The van der Waals surface area contributed by atoms with Crippen LogP contribution in [0.4, 0.5) is 4.79 Å². The van der Waals surface area contributed by atoms with E-state index in [1.165, 1.54) is 4.31 Å². The SMILES string of the molecule is C/C(=C\c1cccc(S(=O)(=O)N2CCCC2)c1)[C@H]1OC(=O)C[C@H](C)CC[C@H](C)[C@@H](OC(=O)N2CCNCC2)/C=C/[C@@H]1C. The molecule has 0 bridgehead atoms. The van der Waals surface area contributed by atoms with E-state index >= 15 is 0 Å². The molecule has 0 aliphatic carbocycles. The van der Waals surface area contributed by atoms with Crippen LogP contribution in [0.5, 0.6) is 0 Å². The van der Waals surface area contributed by atoms with E-state index in [9.17, 15) is 18.0 Å². The Morgan fingerprint density at radius 1 is 1.05 bits per heavy atom. The van der Waals surface area contributed by atoms with Crippen LogP contribution >= 0.6 is 0 Å². The number of nitrogens with one attached hydrogen (secondary N) is 1. The van der Waals surface area contributed by atoms with Gasteiger partial charge in [-0.05, 0) is 73.8 Å². The lowest BCUT2D eigenvalue weighted by Crippen LogP contribution is -2.47. The molecule has 1 aromatic carbocycles. The molecule has 10 heteroatoms. The molecule has 0 aromatic heterocycles. The number of ether oxygens (including phenoxy) is 2. The summed E-state index contributed by atoms with van der Waals surface area (Å²) < 4.78 is 39.9. The number of cyclic esters (lactones) is 1. The highest BCUT2D eigenvalue weighted by molar-refractivity contribution is 7.89. The molecule has 1 N–H and O–H groups in total. The van der Waals surface area contributed by atoms with Crippen LogP contribution in [-0.2, 0) is 24.3 Å². The maximum absolute atomic E-state index is 13.1. The highest BCUT2D eigenvalue weighted by Crippen LogP contribution is 2.28. The number of amides is 1. The minimum absolute atomic E-state index is 0.0913. The molecule has 3 aliphatic heterocycles. The van der Waals surface area contributed by atoms with Crippen LogP contribution in [0, 0.1) is 17.8 Å². The van der Waals surface area contributed by atoms with E-state index in [1.807, 2.05) is 45.1 Å². The molecule has 232 valence electrons. The van der Waals surface area contributed by atoms with Gasteiger partial charge in [-0.25, -0.2) is 13.2 Å². The summed E-state index contributed by atoms with van der Waals surface area (Å²) in [4.78, 5) is 27.9. The molecular weight excluding hydrogens is 554 g/mol. The number of benzene rings is 1. The zero-order chi connectivity index (χ0) is 30.3. The minimum atomic E-state index is -3.55. The van der Waals surface area contributed by atoms with Crippen molar-refractivity contribution in [2.75, 3.05) is 39.3 Å². The number of rotatable bonds is 5. The molecule has 3 aliphatic rings. The predicted molar refractivity (Wildman–Crippen MR) is 163 cm³/mol. The smallest absolute Gasteiger partial charge is 0.410 e. The lowest BCUT2D eigenvalue weighted by atomic mass is 9.90. The molecule has 0 radical (unpaired) electrons. The second-order valence-electron chi connectivity index (χ2n) is 12.2. The van der Waals surface area contributed by atoms with Gasteiger partial charge in [0.05, 0.1) is 4.90 Å². The Kier molecular flexibility index (Phi) is 11.3. The van der Waals surface area contributed by atoms with Crippen LogP contribution in [-0.4, -0.2) is 81.2 Å². The highest BCUT2D eigenvalue weighted by atomic mass is 32.2. The van der Waals surface area contributed by atoms with Crippen molar-refractivity contribution < 1.29 is 27.5 Å². The number of esters is 1. The van der Waals surface area contributed by atoms with Gasteiger partial charge in [-0.15, -0.1) is 0 Å². The van der Waals surface area contributed by atoms with Crippen LogP contribution in [0.1, 0.15) is 65.4 Å². The second-order valence-corrected chi connectivity index (χ2v) is 14.1. The van der Waals surface area contributed by atoms with E-state index in [-0.39, 0.29) is 34.7 Å². The molecule has 0 saturated carbocycles. The average molecular weight is 602 g/mol. The zero-order valence-electron chi connectivity index (χ0n) is 25.5. The number of piperazine rings is 1. The fourth-order valence-corrected chi connectivity index (χ4v) is 7.43. The van der Waals surface area contributed by atoms with Crippen LogP contribution in [0.15, 0.2) is 46.9 Å². The van der Waals surface area contributed by atoms with Crippen molar-refractivity contribution in [1.29, 1.82) is 0 Å². The Morgan fingerprint density at radius 2 is 1.76 bits per heavy atom. The largest absolute Gasteiger partial charge is 0.457 e. The van der Waals surface area contributed by atoms with Gasteiger partial charge in [-0.3, -0.25) is 4.79 Å². The van der Waals surface area contributed by atoms with Crippen molar-refractivity contribution in [2.24, 2.45) is 17.8 Å². The van der Waals surface area contributed by atoms with Crippen molar-refractivity contribution in [1.82, 2.24) is 14.5 Å². The lowest BCUT2D eigenvalue weighted by molar-refractivity contribution is -0.149. The van der Waals surface area contributed by atoms with Crippen molar-refractivity contribution in [3.8, 4) is 0 Å². The topological polar surface area (TPSA) is 105 Å². The Hall–Kier alpha value is -2.69. The monoisotopic (exact) mass is 601 g/mol. The third-order valence-electron chi connectivity index (χ3n) is 8.55. The lowest BCUT2D eigenvalue weighted by Gasteiger charge is -2.31. The van der Waals surface area contributed by atoms with Crippen LogP contribution in [0.2, 0.25) is 0 Å². The van der Waals surface area contributed by atoms with Crippen molar-refractivity contribution in [3.63, 3.8) is 0 Å². The molecule has 9 nitrogen and oxygen atoms in total. The summed E-state index contributed by atoms with van der Waals surface area (Å²) in [5.41, 5.74) is 1.54. The summed E-state index contributed by atoms with van der Waals surface area (Å²) in [5.74, 6) is -0.237. The Balaban J connectivity index is 1.57. The summed E-state index contributed by atoms with van der Waals surface area (Å²) >= 11 is 0. The van der Waals surface area contributed by atoms with E-state index < -0.39 is 22.2 Å². The number of hydrogen-bond donors (Lipinski definition) is 1. The first-order valence-corrected chi connectivity index (χ1v) is 16.8. The highest BCUT2D eigenvalue weighted by Gasteiger charge is 2.29. The second kappa shape index (κ2) is 14.7. The first-order chi connectivity index (χ1) is 20.0. The van der Waals surface area contributed by atoms with Gasteiger partial charge in [0.25, 0.3) is 0 Å². The molecular formula is C32H47N3O6S. The predicted octanol–water partition coefficient (Wildman–Crippen LogP) is 4.85. The summed E-state index contributed by atoms with van der Waals surface area (Å²) in [5, 5.41) is 3.26. The number of nitrogens with zero attached hydrogens (tertiary/aromatic N) is 2. The molecule has 5 atom stereocenters. The van der Waals surface area contributed by atoms with Gasteiger partial charge in [0.15, 0.2) is 0 Å². The standard InChI is InChI=1S/C32H47N3O6S/c1-23-10-11-24(2)29(40-32(37)34-18-14-33-15-19-34)13-12-25(3)31(41-30(36)20-23)26(4)21-27-8-7-9-28(22-27)42(38,39)35-16-5-6-17-35/h7-9,12-13,21-25,29,31,33H,5-6,10-11,14-20H2,1-4H3/b13-12+,26-21+/t23-,24+,25+,29+,31+/m1/s1. The normalized spacial score (nSPS) is 29.7. The molecule has 2 saturated heterocycles. The van der Waals surface area contributed by atoms with Gasteiger partial charge in [-0.1, -0.05) is 45.1 Å². The van der Waals surface area contributed by atoms with E-state index in [4.69, 9.17) is 9.47 Å². The van der Waals surface area contributed by atoms with Gasteiger partial charge >= 0.3 is 12.1 Å². The van der Waals surface area contributed by atoms with Crippen molar-refractivity contribution in [2.45, 2.75) is 76.9 Å². The first-order valence-electron chi connectivity index (χ1n) is 15.4. The van der Waals surface area contributed by atoms with Crippen LogP contribution in [0.25, 0.3) is 6.08 Å². The third kappa shape index (κ3) is 8.45. The molecule has 4 rings (SSSR count). The molecule has 0 spiro atoms. The fourth-order valence-electron chi connectivity index (χ4n) is 5.86. The first kappa shape index (κ1) is 32.2. The van der Waals surface area contributed by atoms with Crippen LogP contribution < -0.4 is 5.32 Å². The quantitative estimate of drug-likeness (QED) is 0.380. The van der Waals surface area contributed by atoms with Crippen molar-refractivity contribution in [3.05, 3.63) is 47.6 Å². The minimum Gasteiger partial charge on any atom is -0.457 e. The van der Waals surface area contributed by atoms with Gasteiger partial charge in [-0.2, -0.15) is 4.31 Å². The zero-order valence-corrected chi connectivity index (χ0v) is 26.3. The van der Waals surface area contributed by atoms with E-state index in [1.54, 1.807) is 23.1 Å². The number of sulfonamides is 1. The Bertz CT molecular complexity index is 1250. The number of carbonyl (C=O) groups excluding carboxylic acids is 2. The maximum atomic E-state index is 13.1. The maximum Gasteiger partial charge on any atom is 0.410 e. The number of hydrogen-bond acceptors (Lipinski definition) is 7. The van der Waals surface area contributed by atoms with Gasteiger partial charge in [0.2, 0.25) is 10.0 Å².